The monoisotopic (exact) mass is 525 g/mol. The zero-order valence-corrected chi connectivity index (χ0v) is 18.3. The third kappa shape index (κ3) is 7.76. The van der Waals surface area contributed by atoms with Gasteiger partial charge in [-0.15, -0.1) is 24.0 Å². The molecule has 0 aliphatic heterocycles. The molecule has 0 saturated carbocycles. The van der Waals surface area contributed by atoms with Crippen LogP contribution in [0.4, 0.5) is 8.78 Å². The normalized spacial score (nSPS) is 12.3. The number of hydrogen-bond donors (Lipinski definition) is 3. The number of nitrogens with one attached hydrogen (secondary N) is 2. The lowest BCUT2D eigenvalue weighted by Gasteiger charge is -2.16. The minimum Gasteiger partial charge on any atom is -0.434 e. The molecule has 0 spiro atoms. The van der Waals surface area contributed by atoms with Crippen LogP contribution in [-0.2, 0) is 6.54 Å². The molecule has 2 rings (SSSR count). The van der Waals surface area contributed by atoms with Gasteiger partial charge in [0.2, 0.25) is 0 Å². The van der Waals surface area contributed by atoms with Gasteiger partial charge in [0.25, 0.3) is 0 Å². The summed E-state index contributed by atoms with van der Waals surface area (Å²) in [5, 5.41) is 16.9. The Bertz CT molecular complexity index is 765. The van der Waals surface area contributed by atoms with Gasteiger partial charge in [0, 0.05) is 29.2 Å². The summed E-state index contributed by atoms with van der Waals surface area (Å²) in [5.74, 6) is 0.527. The number of guanidine groups is 1. The standard InChI is InChI=1S/C19H22ClF2N3O2.HI/c1-2-23-19(25-12-16(26)14-8-4-5-9-15(14)20)24-11-13-7-3-6-10-17(13)27-18(21)22;/h3-10,16,18,26H,2,11-12H2,1H3,(H2,23,24,25);1H. The second-order valence-electron chi connectivity index (χ2n) is 5.60. The molecule has 0 aliphatic carbocycles. The molecule has 0 saturated heterocycles. The molecular weight excluding hydrogens is 503 g/mol. The van der Waals surface area contributed by atoms with E-state index in [-0.39, 0.29) is 42.8 Å². The Labute approximate surface area is 185 Å². The third-order valence-corrected chi connectivity index (χ3v) is 4.01. The summed E-state index contributed by atoms with van der Waals surface area (Å²) in [6, 6.07) is 13.5. The molecule has 154 valence electrons. The molecule has 0 amide bonds. The van der Waals surface area contributed by atoms with E-state index in [0.29, 0.717) is 28.7 Å². The van der Waals surface area contributed by atoms with E-state index in [1.54, 1.807) is 42.5 Å². The lowest BCUT2D eigenvalue weighted by atomic mass is 10.1. The first-order valence-electron chi connectivity index (χ1n) is 8.48. The van der Waals surface area contributed by atoms with Gasteiger partial charge in [-0.1, -0.05) is 48.0 Å². The maximum atomic E-state index is 12.5. The first kappa shape index (κ1) is 24.4. The first-order chi connectivity index (χ1) is 13.0. The van der Waals surface area contributed by atoms with Crippen molar-refractivity contribution in [1.82, 2.24) is 10.6 Å². The number of benzene rings is 2. The summed E-state index contributed by atoms with van der Waals surface area (Å²) in [5.41, 5.74) is 1.14. The van der Waals surface area contributed by atoms with E-state index in [4.69, 9.17) is 11.6 Å². The number of halogens is 4. The number of nitrogens with zero attached hydrogens (tertiary/aromatic N) is 1. The smallest absolute Gasteiger partial charge is 0.387 e. The average molecular weight is 526 g/mol. The van der Waals surface area contributed by atoms with Crippen LogP contribution in [-0.4, -0.2) is 30.8 Å². The van der Waals surface area contributed by atoms with Gasteiger partial charge in [-0.3, -0.25) is 0 Å². The van der Waals surface area contributed by atoms with Gasteiger partial charge in [0.05, 0.1) is 12.6 Å². The highest BCUT2D eigenvalue weighted by Gasteiger charge is 2.12. The summed E-state index contributed by atoms with van der Waals surface area (Å²) < 4.78 is 29.5. The van der Waals surface area contributed by atoms with Crippen molar-refractivity contribution in [2.45, 2.75) is 26.2 Å². The van der Waals surface area contributed by atoms with E-state index in [9.17, 15) is 13.9 Å². The molecule has 9 heteroatoms. The lowest BCUT2D eigenvalue weighted by molar-refractivity contribution is -0.0504. The molecule has 28 heavy (non-hydrogen) atoms. The van der Waals surface area contributed by atoms with Crippen LogP contribution in [0.15, 0.2) is 53.5 Å². The molecule has 0 aromatic heterocycles. The fraction of sp³-hybridized carbons (Fsp3) is 0.316. The number of para-hydroxylation sites is 1. The molecular formula is C19H23ClF2IN3O2. The summed E-state index contributed by atoms with van der Waals surface area (Å²) >= 11 is 6.09. The summed E-state index contributed by atoms with van der Waals surface area (Å²) in [7, 11) is 0. The molecule has 2 aromatic carbocycles. The van der Waals surface area contributed by atoms with Gasteiger partial charge < -0.3 is 20.5 Å². The predicted octanol–water partition coefficient (Wildman–Crippen LogP) is 4.35. The maximum absolute atomic E-state index is 12.5. The molecule has 0 heterocycles. The van der Waals surface area contributed by atoms with E-state index in [0.717, 1.165) is 0 Å². The van der Waals surface area contributed by atoms with Crippen LogP contribution in [0.2, 0.25) is 5.02 Å². The van der Waals surface area contributed by atoms with Crippen LogP contribution in [0, 0.1) is 0 Å². The van der Waals surface area contributed by atoms with Crippen molar-refractivity contribution in [2.75, 3.05) is 13.1 Å². The van der Waals surface area contributed by atoms with Crippen molar-refractivity contribution in [1.29, 1.82) is 0 Å². The van der Waals surface area contributed by atoms with Crippen molar-refractivity contribution >= 4 is 41.5 Å². The van der Waals surface area contributed by atoms with Crippen LogP contribution in [0.3, 0.4) is 0 Å². The number of aliphatic hydroxyl groups excluding tert-OH is 1. The molecule has 3 N–H and O–H groups in total. The van der Waals surface area contributed by atoms with Gasteiger partial charge in [-0.2, -0.15) is 8.78 Å². The van der Waals surface area contributed by atoms with Crippen molar-refractivity contribution < 1.29 is 18.6 Å². The number of ether oxygens (including phenoxy) is 1. The molecule has 0 radical (unpaired) electrons. The number of hydrogen-bond acceptors (Lipinski definition) is 3. The highest BCUT2D eigenvalue weighted by atomic mass is 127. The molecule has 0 bridgehead atoms. The Morgan fingerprint density at radius 2 is 1.82 bits per heavy atom. The fourth-order valence-electron chi connectivity index (χ4n) is 2.40. The summed E-state index contributed by atoms with van der Waals surface area (Å²) in [6.07, 6.45) is -0.822. The van der Waals surface area contributed by atoms with Gasteiger partial charge in [0.15, 0.2) is 5.96 Å². The van der Waals surface area contributed by atoms with Gasteiger partial charge in [-0.05, 0) is 19.1 Å². The maximum Gasteiger partial charge on any atom is 0.387 e. The Kier molecular flexibility index (Phi) is 11.1. The summed E-state index contributed by atoms with van der Waals surface area (Å²) in [4.78, 5) is 4.37. The Hall–Kier alpha value is -1.65. The van der Waals surface area contributed by atoms with Crippen LogP contribution >= 0.6 is 35.6 Å². The van der Waals surface area contributed by atoms with Gasteiger partial charge in [-0.25, -0.2) is 4.99 Å². The van der Waals surface area contributed by atoms with Crippen molar-refractivity contribution in [2.24, 2.45) is 4.99 Å². The zero-order chi connectivity index (χ0) is 19.6. The molecule has 0 fully saturated rings. The van der Waals surface area contributed by atoms with Crippen LogP contribution in [0.25, 0.3) is 0 Å². The largest absolute Gasteiger partial charge is 0.434 e. The molecule has 1 atom stereocenters. The fourth-order valence-corrected chi connectivity index (χ4v) is 2.66. The minimum atomic E-state index is -2.90. The van der Waals surface area contributed by atoms with Crippen molar-refractivity contribution in [3.05, 3.63) is 64.7 Å². The summed E-state index contributed by atoms with van der Waals surface area (Å²) in [6.45, 7) is -0.0727. The number of alkyl halides is 2. The van der Waals surface area contributed by atoms with Crippen LogP contribution < -0.4 is 15.4 Å². The number of rotatable bonds is 8. The first-order valence-corrected chi connectivity index (χ1v) is 8.86. The highest BCUT2D eigenvalue weighted by Crippen LogP contribution is 2.22. The highest BCUT2D eigenvalue weighted by molar-refractivity contribution is 14.0. The van der Waals surface area contributed by atoms with E-state index in [1.807, 2.05) is 6.92 Å². The second kappa shape index (κ2) is 12.7. The van der Waals surface area contributed by atoms with E-state index in [2.05, 4.69) is 20.4 Å². The van der Waals surface area contributed by atoms with E-state index < -0.39 is 12.7 Å². The predicted molar refractivity (Wildman–Crippen MR) is 118 cm³/mol. The third-order valence-electron chi connectivity index (χ3n) is 3.67. The Balaban J connectivity index is 0.00000392. The average Bonchev–Trinajstić information content (AvgIpc) is 2.64. The second-order valence-corrected chi connectivity index (χ2v) is 6.01. The molecule has 2 aromatic rings. The Morgan fingerprint density at radius 1 is 1.14 bits per heavy atom. The minimum absolute atomic E-state index is 0. The van der Waals surface area contributed by atoms with Crippen LogP contribution in [0.5, 0.6) is 5.75 Å². The molecule has 1 unspecified atom stereocenters. The lowest BCUT2D eigenvalue weighted by Crippen LogP contribution is -2.39. The quantitative estimate of drug-likeness (QED) is 0.272. The zero-order valence-electron chi connectivity index (χ0n) is 15.2. The van der Waals surface area contributed by atoms with Crippen molar-refractivity contribution in [3.8, 4) is 5.75 Å². The van der Waals surface area contributed by atoms with Crippen molar-refractivity contribution in [3.63, 3.8) is 0 Å². The SMILES string of the molecule is CCNC(=NCc1ccccc1OC(F)F)NCC(O)c1ccccc1Cl.I. The topological polar surface area (TPSA) is 65.9 Å². The van der Waals surface area contributed by atoms with Gasteiger partial charge >= 0.3 is 6.61 Å². The Morgan fingerprint density at radius 3 is 2.50 bits per heavy atom. The number of aliphatic hydroxyl groups is 1. The number of aliphatic imine (C=N–C) groups is 1. The van der Waals surface area contributed by atoms with E-state index >= 15 is 0 Å². The molecule has 5 nitrogen and oxygen atoms in total. The van der Waals surface area contributed by atoms with Gasteiger partial charge in [0.1, 0.15) is 5.75 Å². The van der Waals surface area contributed by atoms with Crippen LogP contribution in [0.1, 0.15) is 24.2 Å². The molecule has 0 aliphatic rings. The van der Waals surface area contributed by atoms with E-state index in [1.165, 1.54) is 6.07 Å².